The van der Waals surface area contributed by atoms with Gasteiger partial charge in [0.05, 0.1) is 31.4 Å². The van der Waals surface area contributed by atoms with Gasteiger partial charge in [0, 0.05) is 25.5 Å². The minimum atomic E-state index is -0.356. The van der Waals surface area contributed by atoms with Gasteiger partial charge in [0.2, 0.25) is 0 Å². The Kier molecular flexibility index (Phi) is 8.11. The van der Waals surface area contributed by atoms with Crippen LogP contribution in [0.3, 0.4) is 0 Å². The van der Waals surface area contributed by atoms with Gasteiger partial charge in [-0.25, -0.2) is 0 Å². The number of benzene rings is 2. The molecule has 2 amide bonds. The van der Waals surface area contributed by atoms with Gasteiger partial charge < -0.3 is 19.7 Å². The summed E-state index contributed by atoms with van der Waals surface area (Å²) in [4.78, 5) is 29.8. The van der Waals surface area contributed by atoms with Crippen LogP contribution in [0.2, 0.25) is 0 Å². The Hall–Kier alpha value is -3.32. The second-order valence-electron chi connectivity index (χ2n) is 8.37. The molecule has 0 aromatic heterocycles. The number of nitrogens with zero attached hydrogens (tertiary/aromatic N) is 2. The summed E-state index contributed by atoms with van der Waals surface area (Å²) in [6.45, 7) is 6.99. The van der Waals surface area contributed by atoms with Crippen LogP contribution in [0, 0.1) is 0 Å². The summed E-state index contributed by atoms with van der Waals surface area (Å²) >= 11 is 0. The molecule has 0 unspecified atom stereocenters. The Morgan fingerprint density at radius 1 is 0.939 bits per heavy atom. The molecule has 0 spiro atoms. The Balaban J connectivity index is 1.91. The SMILES string of the molecule is CCCOc1ccc(C2=C(Nc3ccc(N(C)C)cc3)C(=O)N(CCOC(C)C)C2=O)cc1. The Morgan fingerprint density at radius 2 is 1.61 bits per heavy atom. The first kappa shape index (κ1) is 24.3. The third-order valence-corrected chi connectivity index (χ3v) is 5.20. The monoisotopic (exact) mass is 451 g/mol. The molecule has 7 heteroatoms. The lowest BCUT2D eigenvalue weighted by atomic mass is 10.0. The van der Waals surface area contributed by atoms with Gasteiger partial charge in [-0.1, -0.05) is 19.1 Å². The molecule has 0 atom stereocenters. The second-order valence-corrected chi connectivity index (χ2v) is 8.37. The predicted molar refractivity (Wildman–Crippen MR) is 131 cm³/mol. The number of imide groups is 1. The van der Waals surface area contributed by atoms with Crippen molar-refractivity contribution in [3.8, 4) is 5.75 Å². The van der Waals surface area contributed by atoms with Crippen LogP contribution in [0.15, 0.2) is 54.2 Å². The third kappa shape index (κ3) is 5.93. The lowest BCUT2D eigenvalue weighted by Gasteiger charge is -2.17. The van der Waals surface area contributed by atoms with Crippen molar-refractivity contribution in [2.45, 2.75) is 33.3 Å². The van der Waals surface area contributed by atoms with E-state index in [1.165, 1.54) is 4.90 Å². The highest BCUT2D eigenvalue weighted by Gasteiger charge is 2.39. The molecule has 0 aliphatic carbocycles. The van der Waals surface area contributed by atoms with E-state index in [0.717, 1.165) is 23.5 Å². The number of ether oxygens (including phenoxy) is 2. The summed E-state index contributed by atoms with van der Waals surface area (Å²) in [5.41, 5.74) is 3.06. The van der Waals surface area contributed by atoms with Crippen molar-refractivity contribution in [3.63, 3.8) is 0 Å². The van der Waals surface area contributed by atoms with E-state index in [1.54, 1.807) is 0 Å². The van der Waals surface area contributed by atoms with Crippen molar-refractivity contribution in [1.29, 1.82) is 0 Å². The Labute approximate surface area is 196 Å². The zero-order valence-electron chi connectivity index (χ0n) is 20.1. The quantitative estimate of drug-likeness (QED) is 0.518. The maximum Gasteiger partial charge on any atom is 0.278 e. The lowest BCUT2D eigenvalue weighted by Crippen LogP contribution is -2.35. The van der Waals surface area contributed by atoms with Gasteiger partial charge in [-0.05, 0) is 62.2 Å². The van der Waals surface area contributed by atoms with E-state index in [-0.39, 0.29) is 36.8 Å². The first-order chi connectivity index (χ1) is 15.8. The summed E-state index contributed by atoms with van der Waals surface area (Å²) in [5.74, 6) is 0.0429. The van der Waals surface area contributed by atoms with E-state index in [1.807, 2.05) is 88.3 Å². The Bertz CT molecular complexity index is 995. The van der Waals surface area contributed by atoms with Crippen molar-refractivity contribution in [3.05, 3.63) is 59.8 Å². The molecule has 0 saturated carbocycles. The number of carbonyl (C=O) groups is 2. The number of hydrogen-bond acceptors (Lipinski definition) is 6. The number of hydrogen-bond donors (Lipinski definition) is 1. The zero-order valence-corrected chi connectivity index (χ0v) is 20.1. The molecule has 0 saturated heterocycles. The van der Waals surface area contributed by atoms with Crippen LogP contribution in [-0.4, -0.2) is 56.7 Å². The van der Waals surface area contributed by atoms with E-state index in [4.69, 9.17) is 9.47 Å². The summed E-state index contributed by atoms with van der Waals surface area (Å²) in [5, 5.41) is 3.19. The highest BCUT2D eigenvalue weighted by Crippen LogP contribution is 2.31. The van der Waals surface area contributed by atoms with Crippen LogP contribution in [-0.2, 0) is 14.3 Å². The summed E-state index contributed by atoms with van der Waals surface area (Å²) < 4.78 is 11.2. The molecular formula is C26H33N3O4. The number of rotatable bonds is 11. The van der Waals surface area contributed by atoms with E-state index >= 15 is 0 Å². The molecule has 7 nitrogen and oxygen atoms in total. The number of nitrogens with one attached hydrogen (secondary N) is 1. The van der Waals surface area contributed by atoms with Crippen LogP contribution >= 0.6 is 0 Å². The van der Waals surface area contributed by atoms with Gasteiger partial charge in [-0.3, -0.25) is 14.5 Å². The van der Waals surface area contributed by atoms with Crippen LogP contribution in [0.4, 0.5) is 11.4 Å². The zero-order chi connectivity index (χ0) is 24.0. The van der Waals surface area contributed by atoms with Gasteiger partial charge in [-0.15, -0.1) is 0 Å². The molecule has 1 aliphatic rings. The predicted octanol–water partition coefficient (Wildman–Crippen LogP) is 4.16. The van der Waals surface area contributed by atoms with E-state index in [2.05, 4.69) is 5.32 Å². The summed E-state index contributed by atoms with van der Waals surface area (Å²) in [6.07, 6.45) is 0.933. The first-order valence-electron chi connectivity index (χ1n) is 11.3. The summed E-state index contributed by atoms with van der Waals surface area (Å²) in [7, 11) is 3.93. The summed E-state index contributed by atoms with van der Waals surface area (Å²) in [6, 6.07) is 15.0. The smallest absolute Gasteiger partial charge is 0.278 e. The topological polar surface area (TPSA) is 71.1 Å². The number of anilines is 2. The van der Waals surface area contributed by atoms with Gasteiger partial charge in [0.25, 0.3) is 11.8 Å². The molecule has 0 fully saturated rings. The van der Waals surface area contributed by atoms with E-state index < -0.39 is 0 Å². The fourth-order valence-electron chi connectivity index (χ4n) is 3.47. The molecule has 1 N–H and O–H groups in total. The maximum atomic E-state index is 13.3. The highest BCUT2D eigenvalue weighted by atomic mass is 16.5. The molecule has 1 heterocycles. The van der Waals surface area contributed by atoms with Crippen LogP contribution in [0.25, 0.3) is 5.57 Å². The molecular weight excluding hydrogens is 418 g/mol. The molecule has 33 heavy (non-hydrogen) atoms. The Morgan fingerprint density at radius 3 is 2.18 bits per heavy atom. The van der Waals surface area contributed by atoms with Crippen LogP contribution in [0.1, 0.15) is 32.8 Å². The molecule has 0 radical (unpaired) electrons. The average molecular weight is 452 g/mol. The largest absolute Gasteiger partial charge is 0.494 e. The van der Waals surface area contributed by atoms with Crippen LogP contribution < -0.4 is 15.0 Å². The molecule has 2 aromatic rings. The van der Waals surface area contributed by atoms with Crippen molar-refractivity contribution in [2.75, 3.05) is 44.1 Å². The fourth-order valence-corrected chi connectivity index (χ4v) is 3.47. The van der Waals surface area contributed by atoms with E-state index in [9.17, 15) is 9.59 Å². The molecule has 0 bridgehead atoms. The minimum absolute atomic E-state index is 0.0220. The standard InChI is InChI=1S/C26H33N3O4/c1-6-16-33-22-13-7-19(8-14-22)23-24(27-20-9-11-21(12-10-20)28(4)5)26(31)29(25(23)30)15-17-32-18(2)3/h7-14,18,27H,6,15-17H2,1-5H3. The average Bonchev–Trinajstić information content (AvgIpc) is 3.02. The fraction of sp³-hybridized carbons (Fsp3) is 0.385. The van der Waals surface area contributed by atoms with Gasteiger partial charge in [0.15, 0.2) is 0 Å². The lowest BCUT2D eigenvalue weighted by molar-refractivity contribution is -0.137. The van der Waals surface area contributed by atoms with Crippen molar-refractivity contribution in [2.24, 2.45) is 0 Å². The van der Waals surface area contributed by atoms with Gasteiger partial charge in [-0.2, -0.15) is 0 Å². The highest BCUT2D eigenvalue weighted by molar-refractivity contribution is 6.36. The van der Waals surface area contributed by atoms with Gasteiger partial charge >= 0.3 is 0 Å². The second kappa shape index (κ2) is 11.0. The van der Waals surface area contributed by atoms with Crippen molar-refractivity contribution < 1.29 is 19.1 Å². The maximum absolute atomic E-state index is 13.3. The van der Waals surface area contributed by atoms with Crippen LogP contribution in [0.5, 0.6) is 5.75 Å². The van der Waals surface area contributed by atoms with Gasteiger partial charge in [0.1, 0.15) is 11.4 Å². The molecule has 3 rings (SSSR count). The third-order valence-electron chi connectivity index (χ3n) is 5.20. The van der Waals surface area contributed by atoms with E-state index in [0.29, 0.717) is 17.7 Å². The number of carbonyl (C=O) groups excluding carboxylic acids is 2. The molecule has 176 valence electrons. The number of amides is 2. The normalized spacial score (nSPS) is 13.8. The molecule has 2 aromatic carbocycles. The minimum Gasteiger partial charge on any atom is -0.494 e. The van der Waals surface area contributed by atoms with Crippen molar-refractivity contribution >= 4 is 28.8 Å². The first-order valence-corrected chi connectivity index (χ1v) is 11.3. The molecule has 1 aliphatic heterocycles. The van der Waals surface area contributed by atoms with Crippen molar-refractivity contribution in [1.82, 2.24) is 4.90 Å².